The van der Waals surface area contributed by atoms with Crippen LogP contribution >= 0.6 is 0 Å². The summed E-state index contributed by atoms with van der Waals surface area (Å²) in [4.78, 5) is 0. The molecule has 0 aromatic heterocycles. The van der Waals surface area contributed by atoms with Crippen LogP contribution in [0.1, 0.15) is 24.0 Å². The third-order valence-corrected chi connectivity index (χ3v) is 3.10. The molecule has 0 bridgehead atoms. The van der Waals surface area contributed by atoms with E-state index in [4.69, 9.17) is 5.73 Å². The molecule has 1 aliphatic heterocycles. The highest BCUT2D eigenvalue weighted by Crippen LogP contribution is 2.30. The van der Waals surface area contributed by atoms with E-state index >= 15 is 0 Å². The average Bonchev–Trinajstić information content (AvgIpc) is 2.30. The molecule has 2 rings (SSSR count). The summed E-state index contributed by atoms with van der Waals surface area (Å²) in [6.07, 6.45) is 1.83. The zero-order valence-corrected chi connectivity index (χ0v) is 8.87. The largest absolute Gasteiger partial charge is 0.384 e. The average molecular weight is 206 g/mol. The normalized spacial score (nSPS) is 26.5. The van der Waals surface area contributed by atoms with Crippen LogP contribution < -0.4 is 11.1 Å². The van der Waals surface area contributed by atoms with E-state index in [0.29, 0.717) is 13.1 Å². The Labute approximate surface area is 90.3 Å². The lowest BCUT2D eigenvalue weighted by atomic mass is 9.84. The maximum Gasteiger partial charge on any atom is 0.102 e. The number of rotatable bonds is 2. The lowest BCUT2D eigenvalue weighted by Crippen LogP contribution is -2.43. The van der Waals surface area contributed by atoms with Crippen LogP contribution in [0.5, 0.6) is 0 Å². The molecule has 1 aromatic rings. The molecule has 0 aliphatic carbocycles. The molecule has 0 radical (unpaired) electrons. The van der Waals surface area contributed by atoms with Gasteiger partial charge in [0.1, 0.15) is 5.60 Å². The van der Waals surface area contributed by atoms with E-state index in [-0.39, 0.29) is 0 Å². The fourth-order valence-electron chi connectivity index (χ4n) is 2.27. The molecule has 15 heavy (non-hydrogen) atoms. The first-order valence-electron chi connectivity index (χ1n) is 5.48. The van der Waals surface area contributed by atoms with Crippen molar-refractivity contribution in [2.24, 2.45) is 5.73 Å². The van der Waals surface area contributed by atoms with E-state index in [1.807, 2.05) is 24.3 Å². The van der Waals surface area contributed by atoms with Gasteiger partial charge in [0, 0.05) is 13.1 Å². The van der Waals surface area contributed by atoms with Gasteiger partial charge in [-0.05, 0) is 30.5 Å². The molecule has 4 N–H and O–H groups in total. The number of piperidine rings is 1. The standard InChI is InChI=1S/C12H18N2O/c13-8-10-4-1-2-5-11(10)12(15)6-3-7-14-9-12/h1-2,4-5,14-15H,3,6-9,13H2. The molecule has 0 spiro atoms. The molecule has 1 unspecified atom stereocenters. The van der Waals surface area contributed by atoms with Crippen LogP contribution in [-0.4, -0.2) is 18.2 Å². The van der Waals surface area contributed by atoms with Crippen LogP contribution in [0.4, 0.5) is 0 Å². The van der Waals surface area contributed by atoms with Gasteiger partial charge < -0.3 is 16.2 Å². The van der Waals surface area contributed by atoms with Gasteiger partial charge in [-0.1, -0.05) is 24.3 Å². The second-order valence-corrected chi connectivity index (χ2v) is 4.17. The van der Waals surface area contributed by atoms with Crippen LogP contribution in [0, 0.1) is 0 Å². The van der Waals surface area contributed by atoms with Crippen molar-refractivity contribution in [1.29, 1.82) is 0 Å². The third-order valence-electron chi connectivity index (χ3n) is 3.10. The molecule has 1 atom stereocenters. The topological polar surface area (TPSA) is 58.3 Å². The lowest BCUT2D eigenvalue weighted by Gasteiger charge is -2.34. The molecule has 0 saturated carbocycles. The Bertz CT molecular complexity index is 332. The number of hydrogen-bond acceptors (Lipinski definition) is 3. The second kappa shape index (κ2) is 4.31. The molecule has 1 saturated heterocycles. The predicted octanol–water partition coefficient (Wildman–Crippen LogP) is 0.716. The minimum atomic E-state index is -0.728. The van der Waals surface area contributed by atoms with E-state index in [0.717, 1.165) is 30.5 Å². The van der Waals surface area contributed by atoms with Crippen LogP contribution in [0.3, 0.4) is 0 Å². The van der Waals surface area contributed by atoms with Gasteiger partial charge in [-0.25, -0.2) is 0 Å². The monoisotopic (exact) mass is 206 g/mol. The molecule has 1 aliphatic rings. The van der Waals surface area contributed by atoms with Gasteiger partial charge in [-0.15, -0.1) is 0 Å². The zero-order valence-electron chi connectivity index (χ0n) is 8.87. The van der Waals surface area contributed by atoms with Gasteiger partial charge in [-0.2, -0.15) is 0 Å². The molecular formula is C12H18N2O. The summed E-state index contributed by atoms with van der Waals surface area (Å²) >= 11 is 0. The number of β-amino-alcohol motifs (C(OH)–C–C–N with tert-alkyl or cyclic N) is 1. The molecule has 3 heteroatoms. The van der Waals surface area contributed by atoms with Gasteiger partial charge in [-0.3, -0.25) is 0 Å². The smallest absolute Gasteiger partial charge is 0.102 e. The van der Waals surface area contributed by atoms with E-state index in [2.05, 4.69) is 5.32 Å². The number of hydrogen-bond donors (Lipinski definition) is 3. The summed E-state index contributed by atoms with van der Waals surface area (Å²) in [6.45, 7) is 2.11. The Morgan fingerprint density at radius 3 is 2.87 bits per heavy atom. The highest BCUT2D eigenvalue weighted by molar-refractivity contribution is 5.33. The van der Waals surface area contributed by atoms with Crippen LogP contribution in [-0.2, 0) is 12.1 Å². The quantitative estimate of drug-likeness (QED) is 0.668. The Morgan fingerprint density at radius 1 is 1.40 bits per heavy atom. The highest BCUT2D eigenvalue weighted by Gasteiger charge is 2.32. The second-order valence-electron chi connectivity index (χ2n) is 4.17. The Kier molecular flexibility index (Phi) is 3.05. The summed E-state index contributed by atoms with van der Waals surface area (Å²) in [6, 6.07) is 7.89. The van der Waals surface area contributed by atoms with Crippen molar-refractivity contribution in [3.8, 4) is 0 Å². The van der Waals surface area contributed by atoms with Gasteiger partial charge in [0.15, 0.2) is 0 Å². The van der Waals surface area contributed by atoms with Crippen molar-refractivity contribution >= 4 is 0 Å². The first-order valence-corrected chi connectivity index (χ1v) is 5.48. The molecule has 3 nitrogen and oxygen atoms in total. The highest BCUT2D eigenvalue weighted by atomic mass is 16.3. The van der Waals surface area contributed by atoms with E-state index in [1.165, 1.54) is 0 Å². The van der Waals surface area contributed by atoms with Crippen molar-refractivity contribution in [2.75, 3.05) is 13.1 Å². The minimum absolute atomic E-state index is 0.485. The molecule has 1 aromatic carbocycles. The van der Waals surface area contributed by atoms with E-state index in [9.17, 15) is 5.11 Å². The maximum absolute atomic E-state index is 10.5. The predicted molar refractivity (Wildman–Crippen MR) is 60.3 cm³/mol. The first-order chi connectivity index (χ1) is 7.26. The van der Waals surface area contributed by atoms with Gasteiger partial charge in [0.25, 0.3) is 0 Å². The third kappa shape index (κ3) is 2.04. The SMILES string of the molecule is NCc1ccccc1C1(O)CCCNC1. The molecule has 0 amide bonds. The fraction of sp³-hybridized carbons (Fsp3) is 0.500. The van der Waals surface area contributed by atoms with Crippen molar-refractivity contribution in [3.63, 3.8) is 0 Å². The van der Waals surface area contributed by atoms with Gasteiger partial charge in [0.2, 0.25) is 0 Å². The minimum Gasteiger partial charge on any atom is -0.384 e. The number of aliphatic hydroxyl groups is 1. The summed E-state index contributed by atoms with van der Waals surface area (Å²) in [5.74, 6) is 0. The van der Waals surface area contributed by atoms with Crippen molar-refractivity contribution in [2.45, 2.75) is 25.0 Å². The van der Waals surface area contributed by atoms with Gasteiger partial charge >= 0.3 is 0 Å². The molecule has 1 fully saturated rings. The summed E-state index contributed by atoms with van der Waals surface area (Å²) in [7, 11) is 0. The number of benzene rings is 1. The molecule has 1 heterocycles. The Balaban J connectivity index is 2.34. The van der Waals surface area contributed by atoms with Crippen molar-refractivity contribution < 1.29 is 5.11 Å². The summed E-state index contributed by atoms with van der Waals surface area (Å²) in [5, 5.41) is 13.8. The number of nitrogens with two attached hydrogens (primary N) is 1. The molecular weight excluding hydrogens is 188 g/mol. The fourth-order valence-corrected chi connectivity index (χ4v) is 2.27. The Morgan fingerprint density at radius 2 is 2.20 bits per heavy atom. The Hall–Kier alpha value is -0.900. The van der Waals surface area contributed by atoms with Crippen LogP contribution in [0.15, 0.2) is 24.3 Å². The van der Waals surface area contributed by atoms with Crippen molar-refractivity contribution in [1.82, 2.24) is 5.32 Å². The van der Waals surface area contributed by atoms with E-state index < -0.39 is 5.60 Å². The molecule has 82 valence electrons. The van der Waals surface area contributed by atoms with Gasteiger partial charge in [0.05, 0.1) is 0 Å². The number of nitrogens with one attached hydrogen (secondary N) is 1. The summed E-state index contributed by atoms with van der Waals surface area (Å²) < 4.78 is 0. The van der Waals surface area contributed by atoms with Crippen LogP contribution in [0.2, 0.25) is 0 Å². The summed E-state index contributed by atoms with van der Waals surface area (Å²) in [5.41, 5.74) is 6.99. The van der Waals surface area contributed by atoms with E-state index in [1.54, 1.807) is 0 Å². The van der Waals surface area contributed by atoms with Crippen LogP contribution in [0.25, 0.3) is 0 Å². The maximum atomic E-state index is 10.5. The first kappa shape index (κ1) is 10.6. The van der Waals surface area contributed by atoms with Crippen molar-refractivity contribution in [3.05, 3.63) is 35.4 Å². The lowest BCUT2D eigenvalue weighted by molar-refractivity contribution is 0.0115. The zero-order chi connectivity index (χ0) is 10.7.